The van der Waals surface area contributed by atoms with Crippen molar-refractivity contribution in [1.82, 2.24) is 0 Å². The van der Waals surface area contributed by atoms with Gasteiger partial charge in [-0.15, -0.1) is 0 Å². The molecule has 0 saturated heterocycles. The van der Waals surface area contributed by atoms with Gasteiger partial charge in [-0.2, -0.15) is 0 Å². The zero-order valence-electron chi connectivity index (χ0n) is 9.70. The number of nitrogens with one attached hydrogen (secondary N) is 1. The Labute approximate surface area is 96.4 Å². The molecule has 1 saturated carbocycles. The lowest BCUT2D eigenvalue weighted by Gasteiger charge is -2.15. The Kier molecular flexibility index (Phi) is 3.67. The summed E-state index contributed by atoms with van der Waals surface area (Å²) in [7, 11) is 1.62. The van der Waals surface area contributed by atoms with Crippen molar-refractivity contribution in [1.29, 1.82) is 0 Å². The van der Waals surface area contributed by atoms with Crippen molar-refractivity contribution in [2.24, 2.45) is 0 Å². The lowest BCUT2D eigenvalue weighted by molar-refractivity contribution is 0.274. The van der Waals surface area contributed by atoms with E-state index in [2.05, 4.69) is 5.32 Å². The van der Waals surface area contributed by atoms with Gasteiger partial charge < -0.3 is 15.2 Å². The summed E-state index contributed by atoms with van der Waals surface area (Å²) in [6.07, 6.45) is 5.14. The number of aliphatic hydroxyl groups excluding tert-OH is 1. The second-order valence-corrected chi connectivity index (χ2v) is 4.31. The van der Waals surface area contributed by atoms with E-state index in [0.29, 0.717) is 6.04 Å². The Morgan fingerprint density at radius 3 is 2.75 bits per heavy atom. The van der Waals surface area contributed by atoms with Gasteiger partial charge in [-0.05, 0) is 31.0 Å². The SMILES string of the molecule is COc1ccc(NC2CCCC2)cc1CO. The van der Waals surface area contributed by atoms with Crippen molar-refractivity contribution in [3.63, 3.8) is 0 Å². The average molecular weight is 221 g/mol. The molecule has 0 spiro atoms. The topological polar surface area (TPSA) is 41.5 Å². The first-order valence-corrected chi connectivity index (χ1v) is 5.88. The maximum atomic E-state index is 9.23. The van der Waals surface area contributed by atoms with Crippen LogP contribution in [0.2, 0.25) is 0 Å². The second-order valence-electron chi connectivity index (χ2n) is 4.31. The summed E-state index contributed by atoms with van der Waals surface area (Å²) in [6.45, 7) is 0.0172. The first-order valence-electron chi connectivity index (χ1n) is 5.88. The van der Waals surface area contributed by atoms with E-state index in [1.54, 1.807) is 7.11 Å². The third kappa shape index (κ3) is 2.47. The monoisotopic (exact) mass is 221 g/mol. The van der Waals surface area contributed by atoms with E-state index >= 15 is 0 Å². The first kappa shape index (κ1) is 11.3. The Morgan fingerprint density at radius 1 is 1.38 bits per heavy atom. The molecule has 0 bridgehead atoms. The Bertz CT molecular complexity index is 346. The fraction of sp³-hybridized carbons (Fsp3) is 0.538. The molecule has 0 radical (unpaired) electrons. The first-order chi connectivity index (χ1) is 7.83. The largest absolute Gasteiger partial charge is 0.496 e. The molecule has 0 aliphatic heterocycles. The van der Waals surface area contributed by atoms with E-state index in [1.807, 2.05) is 18.2 Å². The van der Waals surface area contributed by atoms with E-state index in [9.17, 15) is 5.11 Å². The fourth-order valence-corrected chi connectivity index (χ4v) is 2.30. The van der Waals surface area contributed by atoms with Crippen LogP contribution in [0.4, 0.5) is 5.69 Å². The lowest BCUT2D eigenvalue weighted by Crippen LogP contribution is -2.14. The quantitative estimate of drug-likeness (QED) is 0.821. The zero-order chi connectivity index (χ0) is 11.4. The van der Waals surface area contributed by atoms with Crippen LogP contribution in [0.3, 0.4) is 0 Å². The van der Waals surface area contributed by atoms with Crippen molar-refractivity contribution in [2.45, 2.75) is 38.3 Å². The number of hydrogen-bond donors (Lipinski definition) is 2. The fourth-order valence-electron chi connectivity index (χ4n) is 2.30. The molecule has 0 unspecified atom stereocenters. The molecule has 1 aromatic carbocycles. The van der Waals surface area contributed by atoms with E-state index in [-0.39, 0.29) is 6.61 Å². The van der Waals surface area contributed by atoms with Crippen molar-refractivity contribution in [3.8, 4) is 5.75 Å². The van der Waals surface area contributed by atoms with Crippen LogP contribution in [0.5, 0.6) is 5.75 Å². The van der Waals surface area contributed by atoms with Crippen molar-refractivity contribution in [2.75, 3.05) is 12.4 Å². The third-order valence-electron chi connectivity index (χ3n) is 3.18. The number of aliphatic hydroxyl groups is 1. The third-order valence-corrected chi connectivity index (χ3v) is 3.18. The van der Waals surface area contributed by atoms with Crippen LogP contribution in [0, 0.1) is 0 Å². The summed E-state index contributed by atoms with van der Waals surface area (Å²) in [6, 6.07) is 6.48. The molecule has 0 amide bonds. The summed E-state index contributed by atoms with van der Waals surface area (Å²) in [5.74, 6) is 0.750. The minimum absolute atomic E-state index is 0.0172. The van der Waals surface area contributed by atoms with E-state index < -0.39 is 0 Å². The smallest absolute Gasteiger partial charge is 0.124 e. The number of hydrogen-bond acceptors (Lipinski definition) is 3. The van der Waals surface area contributed by atoms with Crippen LogP contribution >= 0.6 is 0 Å². The van der Waals surface area contributed by atoms with Crippen LogP contribution < -0.4 is 10.1 Å². The van der Waals surface area contributed by atoms with Crippen LogP contribution in [0.15, 0.2) is 18.2 Å². The molecular weight excluding hydrogens is 202 g/mol. The molecule has 3 heteroatoms. The van der Waals surface area contributed by atoms with Crippen molar-refractivity contribution in [3.05, 3.63) is 23.8 Å². The molecule has 1 aliphatic carbocycles. The molecule has 2 rings (SSSR count). The maximum Gasteiger partial charge on any atom is 0.124 e. The Morgan fingerprint density at radius 2 is 2.12 bits per heavy atom. The molecule has 1 aliphatic rings. The predicted octanol–water partition coefficient (Wildman–Crippen LogP) is 2.54. The van der Waals surface area contributed by atoms with Crippen molar-refractivity contribution >= 4 is 5.69 Å². The van der Waals surface area contributed by atoms with Gasteiger partial charge in [-0.3, -0.25) is 0 Å². The highest BCUT2D eigenvalue weighted by atomic mass is 16.5. The Balaban J connectivity index is 2.09. The molecule has 16 heavy (non-hydrogen) atoms. The average Bonchev–Trinajstić information content (AvgIpc) is 2.81. The zero-order valence-corrected chi connectivity index (χ0v) is 9.70. The van der Waals surface area contributed by atoms with Gasteiger partial charge in [0.05, 0.1) is 13.7 Å². The number of anilines is 1. The van der Waals surface area contributed by atoms with Gasteiger partial charge in [-0.25, -0.2) is 0 Å². The number of benzene rings is 1. The maximum absolute atomic E-state index is 9.23. The molecule has 3 nitrogen and oxygen atoms in total. The van der Waals surface area contributed by atoms with Gasteiger partial charge in [0.25, 0.3) is 0 Å². The second kappa shape index (κ2) is 5.21. The number of ether oxygens (including phenoxy) is 1. The van der Waals surface area contributed by atoms with Crippen LogP contribution in [-0.4, -0.2) is 18.3 Å². The summed E-state index contributed by atoms with van der Waals surface area (Å²) >= 11 is 0. The molecular formula is C13H19NO2. The number of rotatable bonds is 4. The normalized spacial score (nSPS) is 16.4. The van der Waals surface area contributed by atoms with Crippen LogP contribution in [-0.2, 0) is 6.61 Å². The summed E-state index contributed by atoms with van der Waals surface area (Å²) in [5, 5.41) is 12.7. The van der Waals surface area contributed by atoms with Gasteiger partial charge >= 0.3 is 0 Å². The molecule has 88 valence electrons. The number of methoxy groups -OCH3 is 1. The summed E-state index contributed by atoms with van der Waals surface area (Å²) in [4.78, 5) is 0. The minimum atomic E-state index is 0.0172. The molecule has 2 N–H and O–H groups in total. The van der Waals surface area contributed by atoms with Gasteiger partial charge in [0, 0.05) is 17.3 Å². The lowest BCUT2D eigenvalue weighted by atomic mass is 10.1. The molecule has 0 heterocycles. The van der Waals surface area contributed by atoms with E-state index in [0.717, 1.165) is 17.0 Å². The minimum Gasteiger partial charge on any atom is -0.496 e. The van der Waals surface area contributed by atoms with Gasteiger partial charge in [0.1, 0.15) is 5.75 Å². The van der Waals surface area contributed by atoms with Crippen LogP contribution in [0.1, 0.15) is 31.2 Å². The highest BCUT2D eigenvalue weighted by molar-refractivity contribution is 5.51. The highest BCUT2D eigenvalue weighted by Gasteiger charge is 2.14. The van der Waals surface area contributed by atoms with E-state index in [4.69, 9.17) is 4.74 Å². The predicted molar refractivity (Wildman–Crippen MR) is 64.8 cm³/mol. The standard InChI is InChI=1S/C13H19NO2/c1-16-13-7-6-12(8-10(13)9-15)14-11-4-2-3-5-11/h6-8,11,14-15H,2-5,9H2,1H3. The molecule has 1 fully saturated rings. The Hall–Kier alpha value is -1.22. The molecule has 1 aromatic rings. The molecule has 0 atom stereocenters. The van der Waals surface area contributed by atoms with Gasteiger partial charge in [0.15, 0.2) is 0 Å². The van der Waals surface area contributed by atoms with Crippen LogP contribution in [0.25, 0.3) is 0 Å². The van der Waals surface area contributed by atoms with Gasteiger partial charge in [-0.1, -0.05) is 12.8 Å². The summed E-state index contributed by atoms with van der Waals surface area (Å²) in [5.41, 5.74) is 1.92. The van der Waals surface area contributed by atoms with E-state index in [1.165, 1.54) is 25.7 Å². The van der Waals surface area contributed by atoms with Crippen molar-refractivity contribution < 1.29 is 9.84 Å². The molecule has 0 aromatic heterocycles. The highest BCUT2D eigenvalue weighted by Crippen LogP contribution is 2.26. The van der Waals surface area contributed by atoms with Gasteiger partial charge in [0.2, 0.25) is 0 Å². The summed E-state index contributed by atoms with van der Waals surface area (Å²) < 4.78 is 5.17.